The number of carbonyl (C=O) groups is 1. The third-order valence-corrected chi connectivity index (χ3v) is 5.54. The molecular formula is C27H29FO5. The molecule has 0 saturated carbocycles. The van der Waals surface area contributed by atoms with Gasteiger partial charge in [-0.15, -0.1) is 0 Å². The number of esters is 1. The molecule has 3 rings (SSSR count). The second-order valence-corrected chi connectivity index (χ2v) is 7.82. The molecule has 174 valence electrons. The highest BCUT2D eigenvalue weighted by Crippen LogP contribution is 2.34. The maximum absolute atomic E-state index is 14.3. The summed E-state index contributed by atoms with van der Waals surface area (Å²) in [7, 11) is 2.90. The maximum atomic E-state index is 14.3. The Bertz CT molecular complexity index is 1100. The Labute approximate surface area is 193 Å². The van der Waals surface area contributed by atoms with Crippen molar-refractivity contribution in [3.05, 3.63) is 77.6 Å². The van der Waals surface area contributed by atoms with Gasteiger partial charge in [-0.1, -0.05) is 37.6 Å². The average molecular weight is 453 g/mol. The van der Waals surface area contributed by atoms with E-state index in [1.165, 1.54) is 26.4 Å². The molecule has 0 unspecified atom stereocenters. The van der Waals surface area contributed by atoms with Crippen molar-refractivity contribution in [2.75, 3.05) is 14.2 Å². The molecule has 0 aromatic heterocycles. The summed E-state index contributed by atoms with van der Waals surface area (Å²) in [6.45, 7) is 2.31. The Morgan fingerprint density at radius 2 is 1.82 bits per heavy atom. The van der Waals surface area contributed by atoms with Crippen LogP contribution in [0, 0.1) is 5.82 Å². The Morgan fingerprint density at radius 1 is 1.00 bits per heavy atom. The number of rotatable bonds is 10. The molecule has 0 aliphatic rings. The number of methoxy groups -OCH3 is 2. The summed E-state index contributed by atoms with van der Waals surface area (Å²) in [5.41, 5.74) is 2.40. The topological polar surface area (TPSA) is 65.0 Å². The smallest absolute Gasteiger partial charge is 0.306 e. The van der Waals surface area contributed by atoms with Gasteiger partial charge in [-0.05, 0) is 59.9 Å². The Morgan fingerprint density at radius 3 is 2.52 bits per heavy atom. The number of aromatic hydroxyl groups is 1. The molecule has 0 spiro atoms. The quantitative estimate of drug-likeness (QED) is 0.369. The lowest BCUT2D eigenvalue weighted by Crippen LogP contribution is -2.09. The molecule has 0 saturated heterocycles. The Hall–Kier alpha value is -3.54. The van der Waals surface area contributed by atoms with Crippen LogP contribution in [-0.4, -0.2) is 25.3 Å². The summed E-state index contributed by atoms with van der Waals surface area (Å²) in [6.07, 6.45) is 2.14. The fraction of sp³-hybridized carbons (Fsp3) is 0.296. The summed E-state index contributed by atoms with van der Waals surface area (Å²) in [5.74, 6) is 0.515. The van der Waals surface area contributed by atoms with Crippen LogP contribution < -0.4 is 9.47 Å². The lowest BCUT2D eigenvalue weighted by Gasteiger charge is -2.17. The summed E-state index contributed by atoms with van der Waals surface area (Å²) >= 11 is 0. The zero-order valence-corrected chi connectivity index (χ0v) is 19.1. The first-order chi connectivity index (χ1) is 15.9. The van der Waals surface area contributed by atoms with Crippen molar-refractivity contribution in [3.63, 3.8) is 0 Å². The number of hydrogen-bond donors (Lipinski definition) is 1. The van der Waals surface area contributed by atoms with Gasteiger partial charge >= 0.3 is 5.97 Å². The van der Waals surface area contributed by atoms with Gasteiger partial charge in [0.1, 0.15) is 29.7 Å². The lowest BCUT2D eigenvalue weighted by atomic mass is 9.91. The molecule has 3 aromatic rings. The molecule has 0 radical (unpaired) electrons. The van der Waals surface area contributed by atoms with Gasteiger partial charge in [-0.2, -0.15) is 0 Å². The minimum atomic E-state index is -0.444. The Kier molecular flexibility index (Phi) is 8.30. The first kappa shape index (κ1) is 24.1. The van der Waals surface area contributed by atoms with Crippen molar-refractivity contribution in [2.45, 2.75) is 38.7 Å². The second kappa shape index (κ2) is 11.4. The highest BCUT2D eigenvalue weighted by molar-refractivity contribution is 5.72. The van der Waals surface area contributed by atoms with Gasteiger partial charge in [0.2, 0.25) is 0 Å². The number of hydrogen-bond acceptors (Lipinski definition) is 5. The van der Waals surface area contributed by atoms with E-state index in [9.17, 15) is 14.3 Å². The normalized spacial score (nSPS) is 11.6. The van der Waals surface area contributed by atoms with Crippen molar-refractivity contribution in [1.82, 2.24) is 0 Å². The SMILES string of the molecule is CCC[C@@H](CC(=O)OC)c1cccc(OCc2ccc(-c3cc(OC)ccc3F)c(O)c2)c1. The van der Waals surface area contributed by atoms with Crippen LogP contribution in [0.5, 0.6) is 17.2 Å². The van der Waals surface area contributed by atoms with Gasteiger partial charge in [-0.25, -0.2) is 4.39 Å². The maximum Gasteiger partial charge on any atom is 0.306 e. The van der Waals surface area contributed by atoms with Gasteiger partial charge in [0.15, 0.2) is 0 Å². The van der Waals surface area contributed by atoms with Crippen LogP contribution in [0.3, 0.4) is 0 Å². The van der Waals surface area contributed by atoms with Crippen LogP contribution in [0.25, 0.3) is 11.1 Å². The van der Waals surface area contributed by atoms with Crippen molar-refractivity contribution in [2.24, 2.45) is 0 Å². The lowest BCUT2D eigenvalue weighted by molar-refractivity contribution is -0.141. The summed E-state index contributed by atoms with van der Waals surface area (Å²) < 4.78 is 30.2. The van der Waals surface area contributed by atoms with Crippen LogP contribution in [0.1, 0.15) is 43.2 Å². The summed E-state index contributed by atoms with van der Waals surface area (Å²) in [5, 5.41) is 10.5. The average Bonchev–Trinajstić information content (AvgIpc) is 2.83. The van der Waals surface area contributed by atoms with Crippen molar-refractivity contribution >= 4 is 5.97 Å². The summed E-state index contributed by atoms with van der Waals surface area (Å²) in [6, 6.07) is 17.1. The Balaban J connectivity index is 1.73. The molecule has 5 nitrogen and oxygen atoms in total. The molecule has 0 fully saturated rings. The fourth-order valence-corrected chi connectivity index (χ4v) is 3.78. The monoisotopic (exact) mass is 452 g/mol. The van der Waals surface area contributed by atoms with Crippen LogP contribution in [0.4, 0.5) is 4.39 Å². The molecule has 6 heteroatoms. The first-order valence-corrected chi connectivity index (χ1v) is 10.9. The number of carbonyl (C=O) groups excluding carboxylic acids is 1. The molecule has 0 amide bonds. The molecular weight excluding hydrogens is 423 g/mol. The van der Waals surface area contributed by atoms with Gasteiger partial charge in [0.25, 0.3) is 0 Å². The van der Waals surface area contributed by atoms with E-state index >= 15 is 0 Å². The van der Waals surface area contributed by atoms with Gasteiger partial charge in [0, 0.05) is 11.1 Å². The zero-order chi connectivity index (χ0) is 23.8. The summed E-state index contributed by atoms with van der Waals surface area (Å²) in [4.78, 5) is 11.8. The molecule has 1 N–H and O–H groups in total. The van der Waals surface area contributed by atoms with E-state index in [4.69, 9.17) is 14.2 Å². The molecule has 33 heavy (non-hydrogen) atoms. The van der Waals surface area contributed by atoms with Crippen molar-refractivity contribution < 1.29 is 28.5 Å². The number of benzene rings is 3. The number of phenolic OH excluding ortho intramolecular Hbond substituents is 1. The number of ether oxygens (including phenoxy) is 3. The van der Waals surface area contributed by atoms with Crippen LogP contribution in [0.2, 0.25) is 0 Å². The van der Waals surface area contributed by atoms with E-state index in [1.807, 2.05) is 24.3 Å². The molecule has 0 aliphatic carbocycles. The molecule has 0 aliphatic heterocycles. The number of halogens is 1. The number of phenols is 1. The highest BCUT2D eigenvalue weighted by atomic mass is 19.1. The van der Waals surface area contributed by atoms with Crippen LogP contribution in [-0.2, 0) is 16.1 Å². The van der Waals surface area contributed by atoms with E-state index in [2.05, 4.69) is 6.92 Å². The van der Waals surface area contributed by atoms with Crippen LogP contribution >= 0.6 is 0 Å². The third kappa shape index (κ3) is 6.25. The van der Waals surface area contributed by atoms with E-state index in [-0.39, 0.29) is 29.8 Å². The van der Waals surface area contributed by atoms with E-state index in [0.29, 0.717) is 23.5 Å². The second-order valence-electron chi connectivity index (χ2n) is 7.82. The molecule has 1 atom stereocenters. The van der Waals surface area contributed by atoms with E-state index < -0.39 is 5.82 Å². The molecule has 0 bridgehead atoms. The fourth-order valence-electron chi connectivity index (χ4n) is 3.78. The zero-order valence-electron chi connectivity index (χ0n) is 19.1. The largest absolute Gasteiger partial charge is 0.507 e. The van der Waals surface area contributed by atoms with Crippen molar-refractivity contribution in [3.8, 4) is 28.4 Å². The van der Waals surface area contributed by atoms with Gasteiger partial charge in [-0.3, -0.25) is 4.79 Å². The third-order valence-electron chi connectivity index (χ3n) is 5.54. The van der Waals surface area contributed by atoms with Crippen molar-refractivity contribution in [1.29, 1.82) is 0 Å². The standard InChI is InChI=1S/C27H29FO5/c1-4-6-19(15-27(30)32-3)20-7-5-8-22(14-20)33-17-18-9-11-23(26(29)13-18)24-16-21(31-2)10-12-25(24)28/h5,7-14,16,19,29H,4,6,15,17H2,1-3H3/t19-/m0/s1. The predicted octanol–water partition coefficient (Wildman–Crippen LogP) is 6.23. The predicted molar refractivity (Wildman–Crippen MR) is 125 cm³/mol. The van der Waals surface area contributed by atoms with Gasteiger partial charge < -0.3 is 19.3 Å². The van der Waals surface area contributed by atoms with Gasteiger partial charge in [0.05, 0.1) is 20.6 Å². The first-order valence-electron chi connectivity index (χ1n) is 10.9. The molecule has 0 heterocycles. The van der Waals surface area contributed by atoms with E-state index in [1.54, 1.807) is 24.3 Å². The molecule has 3 aromatic carbocycles. The highest BCUT2D eigenvalue weighted by Gasteiger charge is 2.17. The minimum Gasteiger partial charge on any atom is -0.507 e. The minimum absolute atomic E-state index is 0.0434. The van der Waals surface area contributed by atoms with E-state index in [0.717, 1.165) is 24.0 Å². The van der Waals surface area contributed by atoms with Crippen LogP contribution in [0.15, 0.2) is 60.7 Å².